The third kappa shape index (κ3) is 2.28. The molecule has 2 aliphatic heterocycles. The average molecular weight is 285 g/mol. The highest BCUT2D eigenvalue weighted by atomic mass is 32.2. The topological polar surface area (TPSA) is 55.4 Å². The molecule has 2 saturated heterocycles. The summed E-state index contributed by atoms with van der Waals surface area (Å²) < 4.78 is 43.2. The van der Waals surface area contributed by atoms with Gasteiger partial charge in [0.25, 0.3) is 0 Å². The molecule has 2 heterocycles. The molecular weight excluding hydrogens is 269 g/mol. The second kappa shape index (κ2) is 4.85. The summed E-state index contributed by atoms with van der Waals surface area (Å²) in [6, 6.07) is 4.57. The van der Waals surface area contributed by atoms with E-state index in [1.54, 1.807) is 6.07 Å². The summed E-state index contributed by atoms with van der Waals surface area (Å²) in [4.78, 5) is -0.206. The molecule has 0 aliphatic carbocycles. The van der Waals surface area contributed by atoms with Crippen molar-refractivity contribution in [3.05, 3.63) is 29.6 Å². The van der Waals surface area contributed by atoms with E-state index in [9.17, 15) is 12.8 Å². The minimum absolute atomic E-state index is 0.137. The minimum Gasteiger partial charge on any atom is -0.379 e. The molecule has 2 fully saturated rings. The molecule has 4 nitrogen and oxygen atoms in total. The van der Waals surface area contributed by atoms with Crippen LogP contribution in [0.3, 0.4) is 0 Å². The van der Waals surface area contributed by atoms with E-state index in [1.165, 1.54) is 12.1 Å². The molecule has 0 saturated carbocycles. The molecule has 1 aromatic rings. The van der Waals surface area contributed by atoms with Crippen molar-refractivity contribution in [3.63, 3.8) is 0 Å². The summed E-state index contributed by atoms with van der Waals surface area (Å²) in [6.07, 6.45) is 2.02. The van der Waals surface area contributed by atoms with Gasteiger partial charge in [0.05, 0.1) is 13.2 Å². The number of benzene rings is 1. The van der Waals surface area contributed by atoms with Crippen LogP contribution in [0.5, 0.6) is 0 Å². The largest absolute Gasteiger partial charge is 0.379 e. The van der Waals surface area contributed by atoms with E-state index >= 15 is 0 Å². The SMILES string of the molecule is O=S(=O)(c1ccc(C2CCCN2)cc1F)C1COC1. The van der Waals surface area contributed by atoms with Crippen molar-refractivity contribution in [3.8, 4) is 0 Å². The Balaban J connectivity index is 1.91. The molecule has 3 rings (SSSR count). The van der Waals surface area contributed by atoms with Gasteiger partial charge in [-0.05, 0) is 37.1 Å². The maximum absolute atomic E-state index is 14.1. The van der Waals surface area contributed by atoms with E-state index in [-0.39, 0.29) is 24.2 Å². The summed E-state index contributed by atoms with van der Waals surface area (Å²) >= 11 is 0. The van der Waals surface area contributed by atoms with Gasteiger partial charge in [-0.2, -0.15) is 0 Å². The van der Waals surface area contributed by atoms with Crippen molar-refractivity contribution in [2.45, 2.75) is 29.0 Å². The van der Waals surface area contributed by atoms with E-state index < -0.39 is 20.9 Å². The first kappa shape index (κ1) is 13.0. The van der Waals surface area contributed by atoms with Crippen LogP contribution in [0.15, 0.2) is 23.1 Å². The lowest BCUT2D eigenvalue weighted by Gasteiger charge is -2.26. The summed E-state index contributed by atoms with van der Waals surface area (Å²) in [5.74, 6) is -0.655. The smallest absolute Gasteiger partial charge is 0.188 e. The molecule has 19 heavy (non-hydrogen) atoms. The lowest BCUT2D eigenvalue weighted by atomic mass is 10.1. The number of ether oxygens (including phenoxy) is 1. The predicted molar refractivity (Wildman–Crippen MR) is 68.2 cm³/mol. The average Bonchev–Trinajstić information content (AvgIpc) is 2.78. The maximum Gasteiger partial charge on any atom is 0.188 e. The molecule has 0 amide bonds. The zero-order chi connectivity index (χ0) is 13.5. The Kier molecular flexibility index (Phi) is 3.32. The van der Waals surface area contributed by atoms with Gasteiger partial charge >= 0.3 is 0 Å². The first-order chi connectivity index (χ1) is 9.09. The summed E-state index contributed by atoms with van der Waals surface area (Å²) in [5.41, 5.74) is 0.818. The summed E-state index contributed by atoms with van der Waals surface area (Å²) in [7, 11) is -3.59. The van der Waals surface area contributed by atoms with Crippen molar-refractivity contribution in [2.24, 2.45) is 0 Å². The lowest BCUT2D eigenvalue weighted by Crippen LogP contribution is -2.41. The molecule has 0 radical (unpaired) electrons. The van der Waals surface area contributed by atoms with Crippen molar-refractivity contribution >= 4 is 9.84 Å². The molecule has 6 heteroatoms. The molecule has 0 spiro atoms. The number of hydrogen-bond acceptors (Lipinski definition) is 4. The third-order valence-electron chi connectivity index (χ3n) is 3.77. The van der Waals surface area contributed by atoms with E-state index in [0.717, 1.165) is 24.9 Å². The molecular formula is C13H16FNO3S. The number of nitrogens with one attached hydrogen (secondary N) is 1. The quantitative estimate of drug-likeness (QED) is 0.912. The number of halogens is 1. The Morgan fingerprint density at radius 3 is 2.63 bits per heavy atom. The van der Waals surface area contributed by atoms with Crippen LogP contribution in [0.1, 0.15) is 24.4 Å². The van der Waals surface area contributed by atoms with Gasteiger partial charge in [0.1, 0.15) is 16.0 Å². The van der Waals surface area contributed by atoms with Crippen LogP contribution in [0.4, 0.5) is 4.39 Å². The predicted octanol–water partition coefficient (Wildman–Crippen LogP) is 1.42. The number of rotatable bonds is 3. The molecule has 1 atom stereocenters. The molecule has 1 N–H and O–H groups in total. The van der Waals surface area contributed by atoms with Crippen LogP contribution in [-0.2, 0) is 14.6 Å². The van der Waals surface area contributed by atoms with Gasteiger partial charge in [0, 0.05) is 6.04 Å². The first-order valence-electron chi connectivity index (χ1n) is 6.43. The van der Waals surface area contributed by atoms with Crippen LogP contribution in [-0.4, -0.2) is 33.4 Å². The number of sulfone groups is 1. The highest BCUT2D eigenvalue weighted by molar-refractivity contribution is 7.92. The third-order valence-corrected chi connectivity index (χ3v) is 5.87. The fraction of sp³-hybridized carbons (Fsp3) is 0.538. The molecule has 1 unspecified atom stereocenters. The number of hydrogen-bond donors (Lipinski definition) is 1. The lowest BCUT2D eigenvalue weighted by molar-refractivity contribution is 0.0415. The fourth-order valence-corrected chi connectivity index (χ4v) is 4.00. The van der Waals surface area contributed by atoms with Crippen LogP contribution in [0.25, 0.3) is 0 Å². The zero-order valence-electron chi connectivity index (χ0n) is 10.4. The van der Waals surface area contributed by atoms with Crippen LogP contribution in [0, 0.1) is 5.82 Å². The second-order valence-electron chi connectivity index (χ2n) is 5.04. The fourth-order valence-electron chi connectivity index (χ4n) is 2.51. The molecule has 0 aromatic heterocycles. The summed E-state index contributed by atoms with van der Waals surface area (Å²) in [5, 5.41) is 2.67. The van der Waals surface area contributed by atoms with Gasteiger partial charge in [-0.15, -0.1) is 0 Å². The van der Waals surface area contributed by atoms with Crippen LogP contribution < -0.4 is 5.32 Å². The zero-order valence-corrected chi connectivity index (χ0v) is 11.2. The second-order valence-corrected chi connectivity index (χ2v) is 7.24. The van der Waals surface area contributed by atoms with Gasteiger partial charge in [-0.3, -0.25) is 0 Å². The van der Waals surface area contributed by atoms with Crippen LogP contribution in [0.2, 0.25) is 0 Å². The normalized spacial score (nSPS) is 24.4. The van der Waals surface area contributed by atoms with Gasteiger partial charge in [0.2, 0.25) is 0 Å². The Labute approximate surface area is 111 Å². The van der Waals surface area contributed by atoms with Crippen molar-refractivity contribution in [1.82, 2.24) is 5.32 Å². The maximum atomic E-state index is 14.1. The van der Waals surface area contributed by atoms with E-state index in [1.807, 2.05) is 0 Å². The van der Waals surface area contributed by atoms with Gasteiger partial charge in [-0.1, -0.05) is 6.07 Å². The molecule has 104 valence electrons. The van der Waals surface area contributed by atoms with Crippen molar-refractivity contribution < 1.29 is 17.5 Å². The Bertz CT molecular complexity index is 578. The highest BCUT2D eigenvalue weighted by Crippen LogP contribution is 2.28. The van der Waals surface area contributed by atoms with Crippen LogP contribution >= 0.6 is 0 Å². The Hall–Kier alpha value is -0.980. The van der Waals surface area contributed by atoms with Gasteiger partial charge < -0.3 is 10.1 Å². The highest BCUT2D eigenvalue weighted by Gasteiger charge is 2.35. The first-order valence-corrected chi connectivity index (χ1v) is 7.98. The van der Waals surface area contributed by atoms with Crippen molar-refractivity contribution in [1.29, 1.82) is 0 Å². The minimum atomic E-state index is -3.59. The van der Waals surface area contributed by atoms with Gasteiger partial charge in [0.15, 0.2) is 9.84 Å². The standard InChI is InChI=1S/C13H16FNO3S/c14-11-6-9(12-2-1-5-15-12)3-4-13(11)19(16,17)10-7-18-8-10/h3-4,6,10,12,15H,1-2,5,7-8H2. The Morgan fingerprint density at radius 2 is 2.11 bits per heavy atom. The van der Waals surface area contributed by atoms with E-state index in [0.29, 0.717) is 0 Å². The monoisotopic (exact) mass is 285 g/mol. The van der Waals surface area contributed by atoms with Gasteiger partial charge in [-0.25, -0.2) is 12.8 Å². The molecule has 0 bridgehead atoms. The van der Waals surface area contributed by atoms with E-state index in [4.69, 9.17) is 4.74 Å². The summed E-state index contributed by atoms with van der Waals surface area (Å²) in [6.45, 7) is 1.24. The molecule has 2 aliphatic rings. The Morgan fingerprint density at radius 1 is 1.32 bits per heavy atom. The van der Waals surface area contributed by atoms with Crippen molar-refractivity contribution in [2.75, 3.05) is 19.8 Å². The molecule has 1 aromatic carbocycles. The van der Waals surface area contributed by atoms with E-state index in [2.05, 4.69) is 5.32 Å².